The number of benzene rings is 1. The van der Waals surface area contributed by atoms with Gasteiger partial charge in [0.15, 0.2) is 0 Å². The number of halogens is 1. The van der Waals surface area contributed by atoms with Crippen molar-refractivity contribution in [2.75, 3.05) is 5.32 Å². The lowest BCUT2D eigenvalue weighted by molar-refractivity contribution is 0.102. The Labute approximate surface area is 138 Å². The Kier molecular flexibility index (Phi) is 4.19. The molecule has 0 fully saturated rings. The molecule has 2 aromatic heterocycles. The number of nitrogens with one attached hydrogen (secondary N) is 1. The molecule has 3 aromatic rings. The van der Waals surface area contributed by atoms with E-state index in [2.05, 4.69) is 26.2 Å². The molecule has 0 saturated carbocycles. The molecule has 21 heavy (non-hydrogen) atoms. The quantitative estimate of drug-likeness (QED) is 0.680. The van der Waals surface area contributed by atoms with Crippen LogP contribution >= 0.6 is 38.6 Å². The fraction of sp³-hybridized carbons (Fsp3) is 0.0667. The number of aromatic nitrogens is 1. The second-order valence-corrected chi connectivity index (χ2v) is 7.15. The van der Waals surface area contributed by atoms with E-state index >= 15 is 0 Å². The molecule has 1 N–H and O–H groups in total. The topological polar surface area (TPSA) is 42.0 Å². The van der Waals surface area contributed by atoms with Crippen LogP contribution in [0.5, 0.6) is 0 Å². The molecular formula is C15H11BrN2OS2. The summed E-state index contributed by atoms with van der Waals surface area (Å²) in [5, 5.41) is 7.57. The van der Waals surface area contributed by atoms with E-state index in [9.17, 15) is 4.79 Å². The standard InChI is InChI=1S/C15H11BrN2OS2/c1-9-7-10(16)4-5-11(9)17-14(19)12-8-21-15(18-12)13-3-2-6-20-13/h2-8H,1H3,(H,17,19). The second kappa shape index (κ2) is 6.09. The van der Waals surface area contributed by atoms with Crippen LogP contribution in [0.2, 0.25) is 0 Å². The minimum absolute atomic E-state index is 0.181. The van der Waals surface area contributed by atoms with Crippen LogP contribution in [0.3, 0.4) is 0 Å². The SMILES string of the molecule is Cc1cc(Br)ccc1NC(=O)c1csc(-c2cccs2)n1. The zero-order chi connectivity index (χ0) is 14.8. The number of thiophene rings is 1. The van der Waals surface area contributed by atoms with Crippen molar-refractivity contribution in [3.8, 4) is 9.88 Å². The van der Waals surface area contributed by atoms with Crippen LogP contribution in [0.25, 0.3) is 9.88 Å². The molecule has 0 bridgehead atoms. The molecule has 0 aliphatic heterocycles. The van der Waals surface area contributed by atoms with E-state index in [1.807, 2.05) is 42.6 Å². The highest BCUT2D eigenvalue weighted by Crippen LogP contribution is 2.28. The van der Waals surface area contributed by atoms with Crippen molar-refractivity contribution in [1.29, 1.82) is 0 Å². The van der Waals surface area contributed by atoms with Crippen LogP contribution in [-0.4, -0.2) is 10.9 Å². The third-order valence-corrected chi connectivity index (χ3v) is 5.28. The first-order valence-corrected chi connectivity index (χ1v) is 8.75. The fourth-order valence-electron chi connectivity index (χ4n) is 1.85. The van der Waals surface area contributed by atoms with Crippen molar-refractivity contribution in [2.24, 2.45) is 0 Å². The van der Waals surface area contributed by atoms with E-state index in [0.29, 0.717) is 5.69 Å². The molecule has 0 saturated heterocycles. The van der Waals surface area contributed by atoms with Gasteiger partial charge in [0.2, 0.25) is 0 Å². The van der Waals surface area contributed by atoms with Crippen LogP contribution < -0.4 is 5.32 Å². The lowest BCUT2D eigenvalue weighted by Crippen LogP contribution is -2.13. The molecular weight excluding hydrogens is 368 g/mol. The van der Waals surface area contributed by atoms with Gasteiger partial charge in [-0.1, -0.05) is 22.0 Å². The zero-order valence-electron chi connectivity index (χ0n) is 11.1. The predicted octanol–water partition coefficient (Wildman–Crippen LogP) is 5.19. The lowest BCUT2D eigenvalue weighted by atomic mass is 10.2. The number of nitrogens with zero attached hydrogens (tertiary/aromatic N) is 1. The first-order valence-electron chi connectivity index (χ1n) is 6.20. The Hall–Kier alpha value is -1.50. The van der Waals surface area contributed by atoms with Gasteiger partial charge in [-0.25, -0.2) is 4.98 Å². The average molecular weight is 379 g/mol. The summed E-state index contributed by atoms with van der Waals surface area (Å²) in [7, 11) is 0. The number of thiazole rings is 1. The lowest BCUT2D eigenvalue weighted by Gasteiger charge is -2.07. The van der Waals surface area contributed by atoms with Crippen molar-refractivity contribution >= 4 is 50.2 Å². The average Bonchev–Trinajstić information content (AvgIpc) is 3.10. The van der Waals surface area contributed by atoms with Crippen LogP contribution in [0.4, 0.5) is 5.69 Å². The molecule has 106 valence electrons. The minimum Gasteiger partial charge on any atom is -0.320 e. The van der Waals surface area contributed by atoms with E-state index in [1.54, 1.807) is 16.7 Å². The smallest absolute Gasteiger partial charge is 0.275 e. The molecule has 1 aromatic carbocycles. The third-order valence-electron chi connectivity index (χ3n) is 2.91. The van der Waals surface area contributed by atoms with Crippen LogP contribution in [0.1, 0.15) is 16.1 Å². The molecule has 3 nitrogen and oxygen atoms in total. The fourth-order valence-corrected chi connectivity index (χ4v) is 3.93. The molecule has 1 amide bonds. The summed E-state index contributed by atoms with van der Waals surface area (Å²) in [5.74, 6) is -0.181. The minimum atomic E-state index is -0.181. The summed E-state index contributed by atoms with van der Waals surface area (Å²) in [6.07, 6.45) is 0. The van der Waals surface area contributed by atoms with Crippen LogP contribution in [-0.2, 0) is 0 Å². The van der Waals surface area contributed by atoms with Crippen LogP contribution in [0.15, 0.2) is 45.6 Å². The molecule has 0 atom stereocenters. The number of carbonyl (C=O) groups excluding carboxylic acids is 1. The number of amides is 1. The summed E-state index contributed by atoms with van der Waals surface area (Å²) in [5.41, 5.74) is 2.26. The molecule has 0 radical (unpaired) electrons. The van der Waals surface area contributed by atoms with E-state index in [4.69, 9.17) is 0 Å². The maximum atomic E-state index is 12.3. The number of hydrogen-bond acceptors (Lipinski definition) is 4. The van der Waals surface area contributed by atoms with E-state index in [-0.39, 0.29) is 5.91 Å². The Morgan fingerprint density at radius 3 is 2.86 bits per heavy atom. The van der Waals surface area contributed by atoms with Crippen molar-refractivity contribution in [3.05, 3.63) is 56.8 Å². The van der Waals surface area contributed by atoms with Gasteiger partial charge in [0.05, 0.1) is 4.88 Å². The van der Waals surface area contributed by atoms with Gasteiger partial charge in [0.1, 0.15) is 10.7 Å². The van der Waals surface area contributed by atoms with Crippen molar-refractivity contribution in [1.82, 2.24) is 4.98 Å². The van der Waals surface area contributed by atoms with Gasteiger partial charge in [-0.2, -0.15) is 0 Å². The van der Waals surface area contributed by atoms with Gasteiger partial charge in [-0.05, 0) is 42.1 Å². The highest BCUT2D eigenvalue weighted by atomic mass is 79.9. The van der Waals surface area contributed by atoms with Gasteiger partial charge in [0.25, 0.3) is 5.91 Å². The molecule has 0 spiro atoms. The molecule has 3 rings (SSSR count). The highest BCUT2D eigenvalue weighted by Gasteiger charge is 2.13. The summed E-state index contributed by atoms with van der Waals surface area (Å²) in [6, 6.07) is 9.73. The number of aryl methyl sites for hydroxylation is 1. The predicted molar refractivity (Wildman–Crippen MR) is 92.3 cm³/mol. The van der Waals surface area contributed by atoms with Gasteiger partial charge in [-0.15, -0.1) is 22.7 Å². The van der Waals surface area contributed by atoms with Gasteiger partial charge in [0, 0.05) is 15.5 Å². The summed E-state index contributed by atoms with van der Waals surface area (Å²) >= 11 is 6.51. The van der Waals surface area contributed by atoms with E-state index in [0.717, 1.165) is 25.6 Å². The van der Waals surface area contributed by atoms with Crippen LogP contribution in [0, 0.1) is 6.92 Å². The largest absolute Gasteiger partial charge is 0.320 e. The number of carbonyl (C=O) groups is 1. The van der Waals surface area contributed by atoms with Gasteiger partial charge >= 0.3 is 0 Å². The van der Waals surface area contributed by atoms with E-state index in [1.165, 1.54) is 11.3 Å². The zero-order valence-corrected chi connectivity index (χ0v) is 14.3. The normalized spacial score (nSPS) is 10.6. The van der Waals surface area contributed by atoms with Crippen molar-refractivity contribution in [3.63, 3.8) is 0 Å². The van der Waals surface area contributed by atoms with E-state index < -0.39 is 0 Å². The Balaban J connectivity index is 1.79. The van der Waals surface area contributed by atoms with Crippen molar-refractivity contribution < 1.29 is 4.79 Å². The maximum Gasteiger partial charge on any atom is 0.275 e. The molecule has 0 aliphatic rings. The Bertz CT molecular complexity index is 781. The number of rotatable bonds is 3. The monoisotopic (exact) mass is 378 g/mol. The Morgan fingerprint density at radius 1 is 1.29 bits per heavy atom. The van der Waals surface area contributed by atoms with Crippen molar-refractivity contribution in [2.45, 2.75) is 6.92 Å². The third kappa shape index (κ3) is 3.23. The number of hydrogen-bond donors (Lipinski definition) is 1. The Morgan fingerprint density at radius 2 is 2.14 bits per heavy atom. The summed E-state index contributed by atoms with van der Waals surface area (Å²) in [4.78, 5) is 17.7. The summed E-state index contributed by atoms with van der Waals surface area (Å²) < 4.78 is 0.992. The first kappa shape index (κ1) is 14.4. The number of anilines is 1. The highest BCUT2D eigenvalue weighted by molar-refractivity contribution is 9.10. The molecule has 2 heterocycles. The first-order chi connectivity index (χ1) is 10.1. The summed E-state index contributed by atoms with van der Waals surface area (Å²) in [6.45, 7) is 1.96. The second-order valence-electron chi connectivity index (χ2n) is 4.43. The van der Waals surface area contributed by atoms with Gasteiger partial charge < -0.3 is 5.32 Å². The maximum absolute atomic E-state index is 12.3. The van der Waals surface area contributed by atoms with Gasteiger partial charge in [-0.3, -0.25) is 4.79 Å². The molecule has 0 unspecified atom stereocenters. The molecule has 0 aliphatic carbocycles. The molecule has 6 heteroatoms.